The summed E-state index contributed by atoms with van der Waals surface area (Å²) in [6.45, 7) is 6.95. The van der Waals surface area contributed by atoms with Crippen LogP contribution >= 0.6 is 15.9 Å². The second kappa shape index (κ2) is 3.84. The number of methoxy groups -OCH3 is 1. The zero-order chi connectivity index (χ0) is 10.1. The van der Waals surface area contributed by atoms with Crippen LogP contribution in [0.1, 0.15) is 0 Å². The van der Waals surface area contributed by atoms with Gasteiger partial charge in [-0.25, -0.2) is 0 Å². The van der Waals surface area contributed by atoms with Gasteiger partial charge in [0.2, 0.25) is 0 Å². The van der Waals surface area contributed by atoms with E-state index in [-0.39, 0.29) is 0 Å². The summed E-state index contributed by atoms with van der Waals surface area (Å²) >= 11 is 3.48. The third-order valence-corrected chi connectivity index (χ3v) is 4.47. The lowest BCUT2D eigenvalue weighted by Crippen LogP contribution is -2.38. The summed E-state index contributed by atoms with van der Waals surface area (Å²) in [6, 6.07) is 6.21. The summed E-state index contributed by atoms with van der Waals surface area (Å²) in [4.78, 5) is 0. The third-order valence-electron chi connectivity index (χ3n) is 1.97. The van der Waals surface area contributed by atoms with Gasteiger partial charge in [-0.3, -0.25) is 0 Å². The van der Waals surface area contributed by atoms with Gasteiger partial charge in [0.15, 0.2) is 0 Å². The molecule has 1 aromatic rings. The molecular formula is C10H15BrOSi. The summed E-state index contributed by atoms with van der Waals surface area (Å²) < 4.78 is 6.47. The van der Waals surface area contributed by atoms with Crippen molar-refractivity contribution in [3.63, 3.8) is 0 Å². The van der Waals surface area contributed by atoms with Crippen LogP contribution in [-0.4, -0.2) is 15.2 Å². The lowest BCUT2D eigenvalue weighted by molar-refractivity contribution is 0.418. The molecule has 0 saturated heterocycles. The van der Waals surface area contributed by atoms with Gasteiger partial charge in [-0.2, -0.15) is 0 Å². The van der Waals surface area contributed by atoms with E-state index in [4.69, 9.17) is 4.74 Å². The summed E-state index contributed by atoms with van der Waals surface area (Å²) in [5.74, 6) is 1.02. The highest BCUT2D eigenvalue weighted by Crippen LogP contribution is 2.18. The molecule has 0 N–H and O–H groups in total. The van der Waals surface area contributed by atoms with Gasteiger partial charge in [-0.15, -0.1) is 0 Å². The predicted molar refractivity (Wildman–Crippen MR) is 63.7 cm³/mol. The summed E-state index contributed by atoms with van der Waals surface area (Å²) in [5.41, 5.74) is 0. The van der Waals surface area contributed by atoms with E-state index in [2.05, 4.69) is 41.6 Å². The number of hydrogen-bond acceptors (Lipinski definition) is 1. The van der Waals surface area contributed by atoms with Crippen molar-refractivity contribution in [3.8, 4) is 5.75 Å². The van der Waals surface area contributed by atoms with Crippen molar-refractivity contribution >= 4 is 29.2 Å². The molecule has 0 amide bonds. The maximum Gasteiger partial charge on any atom is 0.118 e. The molecule has 0 fully saturated rings. The van der Waals surface area contributed by atoms with Crippen molar-refractivity contribution in [2.75, 3.05) is 7.11 Å². The number of benzene rings is 1. The molecule has 1 aromatic carbocycles. The highest BCUT2D eigenvalue weighted by Gasteiger charge is 2.20. The molecule has 0 saturated carbocycles. The van der Waals surface area contributed by atoms with E-state index < -0.39 is 8.07 Å². The van der Waals surface area contributed by atoms with Crippen LogP contribution in [0.2, 0.25) is 19.6 Å². The van der Waals surface area contributed by atoms with Crippen molar-refractivity contribution in [2.45, 2.75) is 19.6 Å². The molecule has 0 bridgehead atoms. The minimum absolute atomic E-state index is 1.02. The van der Waals surface area contributed by atoms with Crippen LogP contribution in [0, 0.1) is 0 Å². The molecule has 0 atom stereocenters. The van der Waals surface area contributed by atoms with Crippen LogP contribution in [0.5, 0.6) is 5.75 Å². The molecule has 0 radical (unpaired) electrons. The van der Waals surface area contributed by atoms with E-state index in [9.17, 15) is 0 Å². The van der Waals surface area contributed by atoms with Gasteiger partial charge in [-0.05, 0) is 23.4 Å². The molecule has 13 heavy (non-hydrogen) atoms. The second-order valence-corrected chi connectivity index (χ2v) is 10.0. The smallest absolute Gasteiger partial charge is 0.118 e. The van der Waals surface area contributed by atoms with Crippen molar-refractivity contribution in [2.24, 2.45) is 0 Å². The largest absolute Gasteiger partial charge is 0.497 e. The zero-order valence-electron chi connectivity index (χ0n) is 8.52. The van der Waals surface area contributed by atoms with Gasteiger partial charge < -0.3 is 4.74 Å². The first-order valence-electron chi connectivity index (χ1n) is 4.29. The summed E-state index contributed by atoms with van der Waals surface area (Å²) in [6.07, 6.45) is 0. The van der Waals surface area contributed by atoms with Gasteiger partial charge in [0.25, 0.3) is 0 Å². The van der Waals surface area contributed by atoms with Crippen LogP contribution in [-0.2, 0) is 0 Å². The molecule has 0 aliphatic carbocycles. The van der Waals surface area contributed by atoms with E-state index in [0.717, 1.165) is 10.2 Å². The molecule has 0 aliphatic rings. The van der Waals surface area contributed by atoms with E-state index in [1.54, 1.807) is 7.11 Å². The van der Waals surface area contributed by atoms with Crippen LogP contribution in [0.25, 0.3) is 0 Å². The SMILES string of the molecule is COc1ccc(Br)cc1[Si](C)(C)C. The fraction of sp³-hybridized carbons (Fsp3) is 0.400. The van der Waals surface area contributed by atoms with Crippen molar-refractivity contribution in [1.29, 1.82) is 0 Å². The normalized spacial score (nSPS) is 11.5. The molecule has 1 nitrogen and oxygen atoms in total. The second-order valence-electron chi connectivity index (χ2n) is 4.09. The Morgan fingerprint density at radius 2 is 1.85 bits per heavy atom. The quantitative estimate of drug-likeness (QED) is 0.742. The maximum atomic E-state index is 5.34. The van der Waals surface area contributed by atoms with Gasteiger partial charge in [-0.1, -0.05) is 35.6 Å². The molecule has 0 spiro atoms. The molecule has 0 heterocycles. The Bertz CT molecular complexity index is 304. The number of rotatable bonds is 2. The van der Waals surface area contributed by atoms with E-state index in [0.29, 0.717) is 0 Å². The first kappa shape index (κ1) is 10.8. The van der Waals surface area contributed by atoms with Crippen molar-refractivity contribution < 1.29 is 4.74 Å². The lowest BCUT2D eigenvalue weighted by Gasteiger charge is -2.20. The Morgan fingerprint density at radius 1 is 1.23 bits per heavy atom. The minimum Gasteiger partial charge on any atom is -0.497 e. The van der Waals surface area contributed by atoms with Crippen LogP contribution in [0.3, 0.4) is 0 Å². The average Bonchev–Trinajstić information content (AvgIpc) is 2.03. The average molecular weight is 259 g/mol. The molecule has 0 aliphatic heterocycles. The van der Waals surface area contributed by atoms with Gasteiger partial charge in [0, 0.05) is 4.47 Å². The van der Waals surface area contributed by atoms with Crippen molar-refractivity contribution in [1.82, 2.24) is 0 Å². The molecule has 1 rings (SSSR count). The topological polar surface area (TPSA) is 9.23 Å². The molecular weight excluding hydrogens is 244 g/mol. The first-order valence-corrected chi connectivity index (χ1v) is 8.58. The van der Waals surface area contributed by atoms with Crippen LogP contribution < -0.4 is 9.92 Å². The van der Waals surface area contributed by atoms with Gasteiger partial charge in [0.05, 0.1) is 15.2 Å². The zero-order valence-corrected chi connectivity index (χ0v) is 11.1. The van der Waals surface area contributed by atoms with Gasteiger partial charge in [0.1, 0.15) is 5.75 Å². The number of ether oxygens (including phenoxy) is 1. The minimum atomic E-state index is -1.29. The summed E-state index contributed by atoms with van der Waals surface area (Å²) in [5, 5.41) is 1.37. The fourth-order valence-corrected chi connectivity index (χ4v) is 3.35. The monoisotopic (exact) mass is 258 g/mol. The Balaban J connectivity index is 3.24. The van der Waals surface area contributed by atoms with Gasteiger partial charge >= 0.3 is 0 Å². The summed E-state index contributed by atoms with van der Waals surface area (Å²) in [7, 11) is 0.444. The Kier molecular flexibility index (Phi) is 3.19. The maximum absolute atomic E-state index is 5.34. The Morgan fingerprint density at radius 3 is 2.31 bits per heavy atom. The van der Waals surface area contributed by atoms with Crippen molar-refractivity contribution in [3.05, 3.63) is 22.7 Å². The van der Waals surface area contributed by atoms with E-state index in [1.807, 2.05) is 12.1 Å². The standard InChI is InChI=1S/C10H15BrOSi/c1-12-9-6-5-8(11)7-10(9)13(2,3)4/h5-7H,1-4H3. The van der Waals surface area contributed by atoms with E-state index in [1.165, 1.54) is 5.19 Å². The molecule has 72 valence electrons. The van der Waals surface area contributed by atoms with Crippen LogP contribution in [0.15, 0.2) is 22.7 Å². The first-order chi connectivity index (χ1) is 5.95. The highest BCUT2D eigenvalue weighted by atomic mass is 79.9. The Hall–Kier alpha value is -0.283. The number of halogens is 1. The van der Waals surface area contributed by atoms with Crippen LogP contribution in [0.4, 0.5) is 0 Å². The lowest BCUT2D eigenvalue weighted by atomic mass is 10.3. The molecule has 3 heteroatoms. The highest BCUT2D eigenvalue weighted by molar-refractivity contribution is 9.10. The molecule has 0 aromatic heterocycles. The Labute approximate surface area is 89.3 Å². The number of hydrogen-bond donors (Lipinski definition) is 0. The van der Waals surface area contributed by atoms with E-state index >= 15 is 0 Å². The fourth-order valence-electron chi connectivity index (χ4n) is 1.27. The predicted octanol–water partition coefficient (Wildman–Crippen LogP) is 3.00. The third kappa shape index (κ3) is 2.58. The molecule has 0 unspecified atom stereocenters.